The van der Waals surface area contributed by atoms with Crippen LogP contribution < -0.4 is 4.90 Å². The van der Waals surface area contributed by atoms with Gasteiger partial charge in [-0.2, -0.15) is 0 Å². The molecule has 1 aromatic heterocycles. The van der Waals surface area contributed by atoms with Gasteiger partial charge >= 0.3 is 0 Å². The third kappa shape index (κ3) is 3.10. The number of thioether (sulfide) groups is 1. The summed E-state index contributed by atoms with van der Waals surface area (Å²) in [6.45, 7) is 3.44. The lowest BCUT2D eigenvalue weighted by molar-refractivity contribution is -0.117. The first-order valence-corrected chi connectivity index (χ1v) is 6.80. The predicted octanol–water partition coefficient (Wildman–Crippen LogP) is 0.662. The van der Waals surface area contributed by atoms with Crippen LogP contribution in [0, 0.1) is 6.92 Å². The fourth-order valence-corrected chi connectivity index (χ4v) is 2.94. The molecule has 19 heavy (non-hydrogen) atoms. The van der Waals surface area contributed by atoms with E-state index in [2.05, 4.69) is 9.97 Å². The number of hydrogen-bond acceptors (Lipinski definition) is 6. The molecule has 0 spiro atoms. The lowest BCUT2D eigenvalue weighted by Crippen LogP contribution is -2.27. The van der Waals surface area contributed by atoms with Crippen molar-refractivity contribution in [3.05, 3.63) is 17.6 Å². The van der Waals surface area contributed by atoms with E-state index in [-0.39, 0.29) is 22.9 Å². The van der Waals surface area contributed by atoms with E-state index >= 15 is 0 Å². The molecule has 2 heterocycles. The summed E-state index contributed by atoms with van der Waals surface area (Å²) in [5, 5.41) is 9.24. The van der Waals surface area contributed by atoms with E-state index in [0.29, 0.717) is 30.2 Å². The van der Waals surface area contributed by atoms with E-state index < -0.39 is 0 Å². The molecule has 0 radical (unpaired) electrons. The first-order valence-electron chi connectivity index (χ1n) is 5.92. The predicted molar refractivity (Wildman–Crippen MR) is 71.7 cm³/mol. The summed E-state index contributed by atoms with van der Waals surface area (Å²) >= 11 is 1.17. The standard InChI is InChI=1S/C12H15N3O3S/c1-7-13-4-9(6-16)12(14-7)15-5-10(3-11(15)18)19-8(2)17/h4,10,16H,3,5-6H2,1-2H3. The van der Waals surface area contributed by atoms with E-state index in [9.17, 15) is 14.7 Å². The molecule has 1 unspecified atom stereocenters. The topological polar surface area (TPSA) is 83.4 Å². The minimum Gasteiger partial charge on any atom is -0.391 e. The second-order valence-electron chi connectivity index (χ2n) is 4.36. The second kappa shape index (κ2) is 5.66. The number of carbonyl (C=O) groups excluding carboxylic acids is 2. The summed E-state index contributed by atoms with van der Waals surface area (Å²) in [6, 6.07) is 0. The molecule has 0 aromatic carbocycles. The van der Waals surface area contributed by atoms with Crippen LogP contribution in [-0.4, -0.2) is 37.9 Å². The first kappa shape index (κ1) is 14.0. The van der Waals surface area contributed by atoms with Crippen molar-refractivity contribution in [1.82, 2.24) is 9.97 Å². The van der Waals surface area contributed by atoms with Crippen molar-refractivity contribution in [2.45, 2.75) is 32.1 Å². The normalized spacial score (nSPS) is 19.0. The van der Waals surface area contributed by atoms with Gasteiger partial charge < -0.3 is 5.11 Å². The summed E-state index contributed by atoms with van der Waals surface area (Å²) in [7, 11) is 0. The van der Waals surface area contributed by atoms with E-state index in [4.69, 9.17) is 0 Å². The Morgan fingerprint density at radius 1 is 1.63 bits per heavy atom. The number of aliphatic hydroxyl groups excluding tert-OH is 1. The van der Waals surface area contributed by atoms with Gasteiger partial charge in [0.2, 0.25) is 5.91 Å². The maximum atomic E-state index is 12.0. The van der Waals surface area contributed by atoms with Crippen LogP contribution in [0.15, 0.2) is 6.20 Å². The molecular weight excluding hydrogens is 266 g/mol. The van der Waals surface area contributed by atoms with Crippen LogP contribution in [-0.2, 0) is 16.2 Å². The van der Waals surface area contributed by atoms with E-state index in [1.54, 1.807) is 6.92 Å². The van der Waals surface area contributed by atoms with Crippen molar-refractivity contribution in [2.75, 3.05) is 11.4 Å². The second-order valence-corrected chi connectivity index (χ2v) is 5.84. The molecule has 6 nitrogen and oxygen atoms in total. The summed E-state index contributed by atoms with van der Waals surface area (Å²) in [6.07, 6.45) is 1.84. The molecule has 1 aliphatic heterocycles. The van der Waals surface area contributed by atoms with Gasteiger partial charge in [0.05, 0.1) is 6.61 Å². The molecular formula is C12H15N3O3S. The van der Waals surface area contributed by atoms with Crippen LogP contribution >= 0.6 is 11.8 Å². The number of nitrogens with zero attached hydrogens (tertiary/aromatic N) is 3. The largest absolute Gasteiger partial charge is 0.391 e. The Morgan fingerprint density at radius 2 is 2.37 bits per heavy atom. The van der Waals surface area contributed by atoms with E-state index in [1.165, 1.54) is 29.8 Å². The number of aliphatic hydroxyl groups is 1. The van der Waals surface area contributed by atoms with E-state index in [0.717, 1.165) is 0 Å². The zero-order valence-corrected chi connectivity index (χ0v) is 11.6. The van der Waals surface area contributed by atoms with Crippen molar-refractivity contribution in [3.63, 3.8) is 0 Å². The Hall–Kier alpha value is -1.47. The van der Waals surface area contributed by atoms with Crippen molar-refractivity contribution in [2.24, 2.45) is 0 Å². The highest BCUT2D eigenvalue weighted by Crippen LogP contribution is 2.29. The lowest BCUT2D eigenvalue weighted by Gasteiger charge is -2.18. The Bertz CT molecular complexity index is 521. The Morgan fingerprint density at radius 3 is 3.00 bits per heavy atom. The average Bonchev–Trinajstić information content (AvgIpc) is 2.69. The van der Waals surface area contributed by atoms with Crippen LogP contribution in [0.2, 0.25) is 0 Å². The fraction of sp³-hybridized carbons (Fsp3) is 0.500. The highest BCUT2D eigenvalue weighted by Gasteiger charge is 2.33. The molecule has 1 saturated heterocycles. The zero-order chi connectivity index (χ0) is 14.0. The Balaban J connectivity index is 2.25. The molecule has 1 aliphatic rings. The number of rotatable bonds is 3. The molecule has 1 fully saturated rings. The quantitative estimate of drug-likeness (QED) is 0.876. The van der Waals surface area contributed by atoms with Gasteiger partial charge in [-0.05, 0) is 6.92 Å². The highest BCUT2D eigenvalue weighted by atomic mass is 32.2. The molecule has 7 heteroatoms. The van der Waals surface area contributed by atoms with E-state index in [1.807, 2.05) is 0 Å². The molecule has 102 valence electrons. The number of aromatic nitrogens is 2. The number of hydrogen-bond donors (Lipinski definition) is 1. The van der Waals surface area contributed by atoms with Crippen molar-refractivity contribution < 1.29 is 14.7 Å². The van der Waals surface area contributed by atoms with Gasteiger partial charge in [-0.15, -0.1) is 0 Å². The van der Waals surface area contributed by atoms with Crippen molar-refractivity contribution in [1.29, 1.82) is 0 Å². The maximum absolute atomic E-state index is 12.0. The number of carbonyl (C=O) groups is 2. The molecule has 1 amide bonds. The summed E-state index contributed by atoms with van der Waals surface area (Å²) in [5.74, 6) is 0.917. The summed E-state index contributed by atoms with van der Waals surface area (Å²) in [5.41, 5.74) is 0.521. The smallest absolute Gasteiger partial charge is 0.229 e. The Kier molecular flexibility index (Phi) is 4.16. The molecule has 1 N–H and O–H groups in total. The molecule has 1 atom stereocenters. The minimum atomic E-state index is -0.218. The van der Waals surface area contributed by atoms with Gasteiger partial charge in [-0.3, -0.25) is 14.5 Å². The highest BCUT2D eigenvalue weighted by molar-refractivity contribution is 8.14. The van der Waals surface area contributed by atoms with Gasteiger partial charge in [-0.25, -0.2) is 9.97 Å². The Labute approximate surface area is 115 Å². The third-order valence-electron chi connectivity index (χ3n) is 2.81. The number of anilines is 1. The average molecular weight is 281 g/mol. The molecule has 1 aromatic rings. The van der Waals surface area contributed by atoms with Crippen LogP contribution in [0.3, 0.4) is 0 Å². The molecule has 0 saturated carbocycles. The zero-order valence-electron chi connectivity index (χ0n) is 10.8. The summed E-state index contributed by atoms with van der Waals surface area (Å²) < 4.78 is 0. The van der Waals surface area contributed by atoms with Crippen molar-refractivity contribution >= 4 is 28.6 Å². The maximum Gasteiger partial charge on any atom is 0.229 e. The van der Waals surface area contributed by atoms with Gasteiger partial charge in [0.25, 0.3) is 0 Å². The van der Waals surface area contributed by atoms with Crippen LogP contribution in [0.5, 0.6) is 0 Å². The van der Waals surface area contributed by atoms with Crippen LogP contribution in [0.1, 0.15) is 24.7 Å². The monoisotopic (exact) mass is 281 g/mol. The SMILES string of the molecule is CC(=O)SC1CC(=O)N(c2nc(C)ncc2CO)C1. The fourth-order valence-electron chi connectivity index (χ4n) is 2.02. The minimum absolute atomic E-state index is 0.000833. The van der Waals surface area contributed by atoms with Crippen LogP contribution in [0.4, 0.5) is 5.82 Å². The van der Waals surface area contributed by atoms with Gasteiger partial charge in [0.1, 0.15) is 11.6 Å². The van der Waals surface area contributed by atoms with Gasteiger partial charge in [-0.1, -0.05) is 11.8 Å². The van der Waals surface area contributed by atoms with Crippen molar-refractivity contribution in [3.8, 4) is 0 Å². The molecule has 0 bridgehead atoms. The third-order valence-corrected chi connectivity index (χ3v) is 3.79. The lowest BCUT2D eigenvalue weighted by atomic mass is 10.3. The summed E-state index contributed by atoms with van der Waals surface area (Å²) in [4.78, 5) is 32.9. The molecule has 0 aliphatic carbocycles. The van der Waals surface area contributed by atoms with Crippen LogP contribution in [0.25, 0.3) is 0 Å². The van der Waals surface area contributed by atoms with Gasteiger partial charge in [0.15, 0.2) is 5.12 Å². The molecule has 2 rings (SSSR count). The number of aryl methyl sites for hydroxylation is 1. The number of amides is 1. The van der Waals surface area contributed by atoms with Gasteiger partial charge in [0, 0.05) is 36.9 Å². The first-order chi connectivity index (χ1) is 9.01.